The topological polar surface area (TPSA) is 16.1 Å². The molecule has 1 unspecified atom stereocenters. The maximum absolute atomic E-state index is 5.82. The molecule has 0 spiro atoms. The average Bonchev–Trinajstić information content (AvgIpc) is 2.28. The average molecular weight is 241 g/mol. The highest BCUT2D eigenvalue weighted by Gasteiger charge is 2.08. The molecule has 0 radical (unpaired) electrons. The van der Waals surface area contributed by atoms with Gasteiger partial charge in [0, 0.05) is 25.2 Å². The first-order chi connectivity index (χ1) is 7.58. The van der Waals surface area contributed by atoms with Crippen molar-refractivity contribution in [1.82, 2.24) is 4.98 Å². The predicted octanol–water partition coefficient (Wildman–Crippen LogP) is 3.61. The van der Waals surface area contributed by atoms with E-state index in [4.69, 9.17) is 11.6 Å². The molecule has 1 heterocycles. The zero-order valence-corrected chi connectivity index (χ0v) is 11.4. The van der Waals surface area contributed by atoms with Crippen LogP contribution in [-0.4, -0.2) is 18.6 Å². The van der Waals surface area contributed by atoms with Crippen LogP contribution in [0.25, 0.3) is 0 Å². The van der Waals surface area contributed by atoms with Crippen molar-refractivity contribution in [2.45, 2.75) is 33.1 Å². The third-order valence-corrected chi connectivity index (χ3v) is 3.29. The van der Waals surface area contributed by atoms with Crippen LogP contribution in [0.5, 0.6) is 0 Å². The first-order valence-corrected chi connectivity index (χ1v) is 6.35. The first-order valence-electron chi connectivity index (χ1n) is 5.82. The highest BCUT2D eigenvalue weighted by atomic mass is 35.5. The van der Waals surface area contributed by atoms with Crippen molar-refractivity contribution in [3.8, 4) is 0 Å². The second-order valence-electron chi connectivity index (χ2n) is 4.44. The molecular weight excluding hydrogens is 220 g/mol. The minimum atomic E-state index is 0.536. The van der Waals surface area contributed by atoms with E-state index in [-0.39, 0.29) is 0 Å². The van der Waals surface area contributed by atoms with E-state index in [0.717, 1.165) is 23.6 Å². The van der Waals surface area contributed by atoms with Crippen molar-refractivity contribution in [2.75, 3.05) is 18.5 Å². The highest BCUT2D eigenvalue weighted by molar-refractivity contribution is 6.17. The van der Waals surface area contributed by atoms with E-state index in [1.165, 1.54) is 6.42 Å². The summed E-state index contributed by atoms with van der Waals surface area (Å²) >= 11 is 5.82. The lowest BCUT2D eigenvalue weighted by Gasteiger charge is -2.22. The lowest BCUT2D eigenvalue weighted by atomic mass is 10.1. The van der Waals surface area contributed by atoms with Gasteiger partial charge >= 0.3 is 0 Å². The van der Waals surface area contributed by atoms with Crippen LogP contribution < -0.4 is 4.90 Å². The summed E-state index contributed by atoms with van der Waals surface area (Å²) in [4.78, 5) is 6.78. The summed E-state index contributed by atoms with van der Waals surface area (Å²) in [5.41, 5.74) is 2.14. The van der Waals surface area contributed by atoms with Crippen molar-refractivity contribution >= 4 is 17.4 Å². The van der Waals surface area contributed by atoms with E-state index in [2.05, 4.69) is 36.8 Å². The molecule has 1 aromatic rings. The molecule has 3 heteroatoms. The van der Waals surface area contributed by atoms with E-state index in [9.17, 15) is 0 Å². The number of aryl methyl sites for hydroxylation is 1. The molecule has 0 aliphatic carbocycles. The maximum atomic E-state index is 5.82. The molecule has 16 heavy (non-hydrogen) atoms. The van der Waals surface area contributed by atoms with Gasteiger partial charge in [0.1, 0.15) is 5.82 Å². The molecule has 1 rings (SSSR count). The van der Waals surface area contributed by atoms with Gasteiger partial charge in [-0.05, 0) is 24.5 Å². The van der Waals surface area contributed by atoms with Gasteiger partial charge in [-0.25, -0.2) is 4.98 Å². The summed E-state index contributed by atoms with van der Waals surface area (Å²) in [6.07, 6.45) is 1.20. The Kier molecular flexibility index (Phi) is 5.07. The van der Waals surface area contributed by atoms with Gasteiger partial charge in [0.25, 0.3) is 0 Å². The maximum Gasteiger partial charge on any atom is 0.128 e. The Labute approximate surface area is 104 Å². The van der Waals surface area contributed by atoms with E-state index < -0.39 is 0 Å². The van der Waals surface area contributed by atoms with Crippen LogP contribution in [0.3, 0.4) is 0 Å². The summed E-state index contributed by atoms with van der Waals surface area (Å²) in [5.74, 6) is 2.26. The zero-order chi connectivity index (χ0) is 12.1. The van der Waals surface area contributed by atoms with Crippen LogP contribution in [0, 0.1) is 12.8 Å². The molecule has 0 bridgehead atoms. The largest absolute Gasteiger partial charge is 0.359 e. The van der Waals surface area contributed by atoms with Gasteiger partial charge in [-0.1, -0.05) is 26.3 Å². The van der Waals surface area contributed by atoms with Gasteiger partial charge in [0.2, 0.25) is 0 Å². The first kappa shape index (κ1) is 13.3. The van der Waals surface area contributed by atoms with Crippen molar-refractivity contribution in [1.29, 1.82) is 0 Å². The standard InChI is InChI=1S/C13H21ClN2/c1-5-10(2)9-16(4)13-7-6-12(8-14)11(3)15-13/h6-7,10H,5,8-9H2,1-4H3. The Balaban J connectivity index is 2.76. The number of nitrogens with zero attached hydrogens (tertiary/aromatic N) is 2. The fraction of sp³-hybridized carbons (Fsp3) is 0.615. The van der Waals surface area contributed by atoms with Crippen molar-refractivity contribution in [2.24, 2.45) is 5.92 Å². The van der Waals surface area contributed by atoms with E-state index >= 15 is 0 Å². The molecule has 1 aromatic heterocycles. The van der Waals surface area contributed by atoms with Crippen molar-refractivity contribution in [3.63, 3.8) is 0 Å². The lowest BCUT2D eigenvalue weighted by molar-refractivity contribution is 0.557. The second kappa shape index (κ2) is 6.09. The summed E-state index contributed by atoms with van der Waals surface area (Å²) in [7, 11) is 2.09. The molecule has 0 saturated carbocycles. The van der Waals surface area contributed by atoms with Crippen LogP contribution in [0.2, 0.25) is 0 Å². The Hall–Kier alpha value is -0.760. The van der Waals surface area contributed by atoms with Gasteiger partial charge in [-0.3, -0.25) is 0 Å². The fourth-order valence-electron chi connectivity index (χ4n) is 1.62. The minimum absolute atomic E-state index is 0.536. The Morgan fingerprint density at radius 1 is 1.44 bits per heavy atom. The van der Waals surface area contributed by atoms with Crippen molar-refractivity contribution in [3.05, 3.63) is 23.4 Å². The van der Waals surface area contributed by atoms with E-state index in [1.54, 1.807) is 0 Å². The SMILES string of the molecule is CCC(C)CN(C)c1ccc(CCl)c(C)n1. The Morgan fingerprint density at radius 2 is 2.12 bits per heavy atom. The van der Waals surface area contributed by atoms with Crippen LogP contribution in [0.1, 0.15) is 31.5 Å². The highest BCUT2D eigenvalue weighted by Crippen LogP contribution is 2.16. The zero-order valence-electron chi connectivity index (χ0n) is 10.6. The van der Waals surface area contributed by atoms with E-state index in [0.29, 0.717) is 11.8 Å². The molecule has 0 aromatic carbocycles. The summed E-state index contributed by atoms with van der Waals surface area (Å²) in [5, 5.41) is 0. The van der Waals surface area contributed by atoms with Crippen LogP contribution in [0.15, 0.2) is 12.1 Å². The molecule has 90 valence electrons. The van der Waals surface area contributed by atoms with Gasteiger partial charge in [-0.2, -0.15) is 0 Å². The summed E-state index contributed by atoms with van der Waals surface area (Å²) in [6, 6.07) is 4.12. The van der Waals surface area contributed by atoms with Gasteiger partial charge in [0.15, 0.2) is 0 Å². The Morgan fingerprint density at radius 3 is 2.62 bits per heavy atom. The number of aromatic nitrogens is 1. The molecule has 0 amide bonds. The normalized spacial score (nSPS) is 12.6. The minimum Gasteiger partial charge on any atom is -0.359 e. The number of hydrogen-bond acceptors (Lipinski definition) is 2. The van der Waals surface area contributed by atoms with Crippen LogP contribution in [-0.2, 0) is 5.88 Å². The molecule has 0 fully saturated rings. The smallest absolute Gasteiger partial charge is 0.128 e. The van der Waals surface area contributed by atoms with E-state index in [1.807, 2.05) is 13.0 Å². The molecular formula is C13H21ClN2. The number of alkyl halides is 1. The van der Waals surface area contributed by atoms with Crippen molar-refractivity contribution < 1.29 is 0 Å². The van der Waals surface area contributed by atoms with Gasteiger partial charge < -0.3 is 4.90 Å². The molecule has 0 aliphatic heterocycles. The van der Waals surface area contributed by atoms with Crippen LogP contribution >= 0.6 is 11.6 Å². The number of anilines is 1. The third-order valence-electron chi connectivity index (χ3n) is 3.00. The third kappa shape index (κ3) is 3.38. The second-order valence-corrected chi connectivity index (χ2v) is 4.71. The number of hydrogen-bond donors (Lipinski definition) is 0. The predicted molar refractivity (Wildman–Crippen MR) is 71.3 cm³/mol. The summed E-state index contributed by atoms with van der Waals surface area (Å²) in [6.45, 7) is 7.53. The quantitative estimate of drug-likeness (QED) is 0.731. The summed E-state index contributed by atoms with van der Waals surface area (Å²) < 4.78 is 0. The molecule has 2 nitrogen and oxygen atoms in total. The monoisotopic (exact) mass is 240 g/mol. The molecule has 0 aliphatic rings. The Bertz CT molecular complexity index is 339. The number of pyridine rings is 1. The molecule has 1 atom stereocenters. The fourth-order valence-corrected chi connectivity index (χ4v) is 1.90. The van der Waals surface area contributed by atoms with Gasteiger partial charge in [-0.15, -0.1) is 11.6 Å². The van der Waals surface area contributed by atoms with Gasteiger partial charge in [0.05, 0.1) is 0 Å². The molecule has 0 N–H and O–H groups in total. The lowest BCUT2D eigenvalue weighted by Crippen LogP contribution is -2.24. The molecule has 0 saturated heterocycles. The van der Waals surface area contributed by atoms with Crippen LogP contribution in [0.4, 0.5) is 5.82 Å². The number of rotatable bonds is 5. The number of halogens is 1.